The van der Waals surface area contributed by atoms with Crippen LogP contribution in [0.5, 0.6) is 0 Å². The summed E-state index contributed by atoms with van der Waals surface area (Å²) in [5, 5.41) is 2.60. The standard InChI is InChI=1S/C13H11Cl2N3O3S/c1-8(19)17-11-5-4-9(7-10(11)14)18-22(20,21)12-3-2-6-16-13(12)15/h2-7,18H,1H3,(H,17,19). The van der Waals surface area contributed by atoms with E-state index in [0.717, 1.165) is 0 Å². The average molecular weight is 360 g/mol. The van der Waals surface area contributed by atoms with Gasteiger partial charge in [-0.15, -0.1) is 0 Å². The SMILES string of the molecule is CC(=O)Nc1ccc(NS(=O)(=O)c2cccnc2Cl)cc1Cl. The van der Waals surface area contributed by atoms with Crippen molar-refractivity contribution in [2.24, 2.45) is 0 Å². The lowest BCUT2D eigenvalue weighted by Gasteiger charge is -2.11. The summed E-state index contributed by atoms with van der Waals surface area (Å²) < 4.78 is 26.8. The predicted molar refractivity (Wildman–Crippen MR) is 85.8 cm³/mol. The molecule has 0 bridgehead atoms. The van der Waals surface area contributed by atoms with E-state index < -0.39 is 10.0 Å². The zero-order valence-corrected chi connectivity index (χ0v) is 13.6. The number of amides is 1. The maximum absolute atomic E-state index is 12.2. The van der Waals surface area contributed by atoms with Gasteiger partial charge >= 0.3 is 0 Å². The van der Waals surface area contributed by atoms with Crippen LogP contribution in [0.25, 0.3) is 0 Å². The van der Waals surface area contributed by atoms with Gasteiger partial charge in [0, 0.05) is 13.1 Å². The molecule has 0 unspecified atom stereocenters. The third-order valence-electron chi connectivity index (χ3n) is 2.55. The molecule has 0 fully saturated rings. The van der Waals surface area contributed by atoms with Crippen LogP contribution in [0.2, 0.25) is 10.2 Å². The number of carbonyl (C=O) groups is 1. The molecule has 0 spiro atoms. The van der Waals surface area contributed by atoms with Crippen LogP contribution in [-0.4, -0.2) is 19.3 Å². The number of hydrogen-bond donors (Lipinski definition) is 2. The van der Waals surface area contributed by atoms with Crippen molar-refractivity contribution in [3.63, 3.8) is 0 Å². The number of aromatic nitrogens is 1. The number of carbonyl (C=O) groups excluding carboxylic acids is 1. The van der Waals surface area contributed by atoms with Gasteiger partial charge < -0.3 is 5.32 Å². The third-order valence-corrected chi connectivity index (χ3v) is 4.69. The number of anilines is 2. The number of nitrogens with zero attached hydrogens (tertiary/aromatic N) is 1. The minimum atomic E-state index is -3.89. The highest BCUT2D eigenvalue weighted by Gasteiger charge is 2.19. The van der Waals surface area contributed by atoms with Crippen LogP contribution in [0.3, 0.4) is 0 Å². The fourth-order valence-electron chi connectivity index (χ4n) is 1.65. The van der Waals surface area contributed by atoms with E-state index in [4.69, 9.17) is 23.2 Å². The smallest absolute Gasteiger partial charge is 0.264 e. The zero-order chi connectivity index (χ0) is 16.3. The summed E-state index contributed by atoms with van der Waals surface area (Å²) in [7, 11) is -3.89. The summed E-state index contributed by atoms with van der Waals surface area (Å²) in [5.74, 6) is -0.280. The lowest BCUT2D eigenvalue weighted by Crippen LogP contribution is -2.14. The summed E-state index contributed by atoms with van der Waals surface area (Å²) in [6.07, 6.45) is 1.39. The highest BCUT2D eigenvalue weighted by molar-refractivity contribution is 7.92. The summed E-state index contributed by atoms with van der Waals surface area (Å²) in [5.41, 5.74) is 0.621. The molecule has 1 aromatic heterocycles. The Balaban J connectivity index is 2.29. The van der Waals surface area contributed by atoms with Crippen molar-refractivity contribution in [2.45, 2.75) is 11.8 Å². The molecule has 0 aliphatic heterocycles. The number of halogens is 2. The number of hydrogen-bond acceptors (Lipinski definition) is 4. The van der Waals surface area contributed by atoms with Crippen molar-refractivity contribution in [3.8, 4) is 0 Å². The molecule has 1 aromatic carbocycles. The van der Waals surface area contributed by atoms with Crippen LogP contribution in [-0.2, 0) is 14.8 Å². The lowest BCUT2D eigenvalue weighted by atomic mass is 10.3. The molecule has 0 aliphatic carbocycles. The molecule has 0 atom stereocenters. The Kier molecular flexibility index (Phi) is 4.90. The quantitative estimate of drug-likeness (QED) is 0.820. The second-order valence-electron chi connectivity index (χ2n) is 4.27. The molecule has 2 aromatic rings. The minimum Gasteiger partial charge on any atom is -0.325 e. The van der Waals surface area contributed by atoms with E-state index in [0.29, 0.717) is 5.69 Å². The molecule has 22 heavy (non-hydrogen) atoms. The molecule has 2 N–H and O–H groups in total. The summed E-state index contributed by atoms with van der Waals surface area (Å²) in [6.45, 7) is 1.34. The highest BCUT2D eigenvalue weighted by Crippen LogP contribution is 2.28. The fraction of sp³-hybridized carbons (Fsp3) is 0.0769. The second-order valence-corrected chi connectivity index (χ2v) is 6.69. The van der Waals surface area contributed by atoms with Crippen LogP contribution in [0, 0.1) is 0 Å². The Morgan fingerprint density at radius 2 is 1.95 bits per heavy atom. The molecule has 2 rings (SSSR count). The van der Waals surface area contributed by atoms with Gasteiger partial charge in [-0.1, -0.05) is 23.2 Å². The van der Waals surface area contributed by atoms with E-state index in [9.17, 15) is 13.2 Å². The van der Waals surface area contributed by atoms with E-state index >= 15 is 0 Å². The van der Waals surface area contributed by atoms with Gasteiger partial charge in [0.25, 0.3) is 10.0 Å². The van der Waals surface area contributed by atoms with E-state index in [1.54, 1.807) is 0 Å². The summed E-state index contributed by atoms with van der Waals surface area (Å²) in [6, 6.07) is 7.15. The van der Waals surface area contributed by atoms with Gasteiger partial charge in [-0.05, 0) is 30.3 Å². The molecule has 0 saturated heterocycles. The highest BCUT2D eigenvalue weighted by atomic mass is 35.5. The largest absolute Gasteiger partial charge is 0.325 e. The van der Waals surface area contributed by atoms with Gasteiger partial charge in [-0.3, -0.25) is 9.52 Å². The monoisotopic (exact) mass is 359 g/mol. The van der Waals surface area contributed by atoms with E-state index in [-0.39, 0.29) is 26.7 Å². The van der Waals surface area contributed by atoms with Crippen LogP contribution in [0.4, 0.5) is 11.4 Å². The Labute approximate surface area is 137 Å². The van der Waals surface area contributed by atoms with Gasteiger partial charge in [0.2, 0.25) is 5.91 Å². The molecular formula is C13H11Cl2N3O3S. The number of pyridine rings is 1. The lowest BCUT2D eigenvalue weighted by molar-refractivity contribution is -0.114. The molecule has 9 heteroatoms. The van der Waals surface area contributed by atoms with Crippen molar-refractivity contribution >= 4 is 50.5 Å². The molecular weight excluding hydrogens is 349 g/mol. The maximum Gasteiger partial charge on any atom is 0.264 e. The summed E-state index contributed by atoms with van der Waals surface area (Å²) in [4.78, 5) is 14.6. The van der Waals surface area contributed by atoms with Crippen molar-refractivity contribution in [2.75, 3.05) is 10.0 Å². The zero-order valence-electron chi connectivity index (χ0n) is 11.3. The van der Waals surface area contributed by atoms with Gasteiger partial charge in [-0.25, -0.2) is 13.4 Å². The molecule has 1 amide bonds. The van der Waals surface area contributed by atoms with E-state index in [1.165, 1.54) is 43.5 Å². The van der Waals surface area contributed by atoms with Crippen molar-refractivity contribution in [3.05, 3.63) is 46.7 Å². The van der Waals surface area contributed by atoms with Crippen LogP contribution >= 0.6 is 23.2 Å². The minimum absolute atomic E-state index is 0.129. The average Bonchev–Trinajstić information content (AvgIpc) is 2.41. The molecule has 116 valence electrons. The Bertz CT molecular complexity index is 825. The first-order valence-electron chi connectivity index (χ1n) is 6.00. The Morgan fingerprint density at radius 3 is 2.55 bits per heavy atom. The number of nitrogens with one attached hydrogen (secondary N) is 2. The van der Waals surface area contributed by atoms with E-state index in [2.05, 4.69) is 15.0 Å². The molecule has 6 nitrogen and oxygen atoms in total. The Morgan fingerprint density at radius 1 is 1.23 bits per heavy atom. The molecule has 0 saturated carbocycles. The first-order chi connectivity index (χ1) is 10.3. The molecule has 0 radical (unpaired) electrons. The number of rotatable bonds is 4. The van der Waals surface area contributed by atoms with Crippen LogP contribution in [0.1, 0.15) is 6.92 Å². The van der Waals surface area contributed by atoms with Gasteiger partial charge in [-0.2, -0.15) is 0 Å². The summed E-state index contributed by atoms with van der Waals surface area (Å²) >= 11 is 11.8. The van der Waals surface area contributed by atoms with E-state index in [1.807, 2.05) is 0 Å². The van der Waals surface area contributed by atoms with Crippen molar-refractivity contribution in [1.82, 2.24) is 4.98 Å². The van der Waals surface area contributed by atoms with Crippen molar-refractivity contribution < 1.29 is 13.2 Å². The van der Waals surface area contributed by atoms with Crippen LogP contribution < -0.4 is 10.0 Å². The number of sulfonamides is 1. The first kappa shape index (κ1) is 16.5. The molecule has 1 heterocycles. The van der Waals surface area contributed by atoms with Gasteiger partial charge in [0.15, 0.2) is 0 Å². The van der Waals surface area contributed by atoms with Gasteiger partial charge in [0.05, 0.1) is 16.4 Å². The predicted octanol–water partition coefficient (Wildman–Crippen LogP) is 3.15. The second kappa shape index (κ2) is 6.51. The van der Waals surface area contributed by atoms with Crippen molar-refractivity contribution in [1.29, 1.82) is 0 Å². The van der Waals surface area contributed by atoms with Crippen LogP contribution in [0.15, 0.2) is 41.4 Å². The number of benzene rings is 1. The maximum atomic E-state index is 12.2. The topological polar surface area (TPSA) is 88.2 Å². The Hall–Kier alpha value is -1.83. The molecule has 0 aliphatic rings. The first-order valence-corrected chi connectivity index (χ1v) is 8.24. The third kappa shape index (κ3) is 3.88. The van der Waals surface area contributed by atoms with Gasteiger partial charge in [0.1, 0.15) is 10.0 Å². The fourth-order valence-corrected chi connectivity index (χ4v) is 3.38. The normalized spacial score (nSPS) is 11.0.